The average molecular weight is 552 g/mol. The monoisotopic (exact) mass is 551 g/mol. The van der Waals surface area contributed by atoms with E-state index in [1.54, 1.807) is 7.11 Å². The summed E-state index contributed by atoms with van der Waals surface area (Å²) in [6, 6.07) is 27.9. The minimum absolute atomic E-state index is 0.402. The molecule has 0 N–H and O–H groups in total. The predicted molar refractivity (Wildman–Crippen MR) is 139 cm³/mol. The summed E-state index contributed by atoms with van der Waals surface area (Å²) >= 11 is 8.18. The summed E-state index contributed by atoms with van der Waals surface area (Å²) in [5, 5.41) is 12.7. The molecule has 4 rings (SSSR count). The number of fused-ring (bicyclic) bond motifs is 1. The first-order valence-corrected chi connectivity index (χ1v) is 11.4. The minimum atomic E-state index is 0.402. The van der Waals surface area contributed by atoms with E-state index >= 15 is 0 Å². The fourth-order valence-corrected chi connectivity index (χ4v) is 4.31. The van der Waals surface area contributed by atoms with E-state index in [1.165, 1.54) is 0 Å². The molecule has 32 heavy (non-hydrogen) atoms. The van der Waals surface area contributed by atoms with E-state index < -0.39 is 0 Å². The molecule has 0 aliphatic carbocycles. The fourth-order valence-electron chi connectivity index (χ4n) is 3.40. The SMILES string of the molecule is COc1cc(/C=C(\C#N)c2ccc3ccccc3c2)cc(I)c1OCc1ccc(Cl)cc1. The zero-order valence-corrected chi connectivity index (χ0v) is 20.2. The van der Waals surface area contributed by atoms with Crippen LogP contribution in [-0.2, 0) is 6.61 Å². The van der Waals surface area contributed by atoms with Gasteiger partial charge >= 0.3 is 0 Å². The van der Waals surface area contributed by atoms with Crippen LogP contribution in [0.4, 0.5) is 0 Å². The van der Waals surface area contributed by atoms with Crippen LogP contribution in [0.2, 0.25) is 5.02 Å². The lowest BCUT2D eigenvalue weighted by atomic mass is 10.00. The number of rotatable bonds is 6. The van der Waals surface area contributed by atoms with Crippen LogP contribution in [-0.4, -0.2) is 7.11 Å². The molecule has 0 aliphatic rings. The maximum absolute atomic E-state index is 9.81. The van der Waals surface area contributed by atoms with Crippen LogP contribution >= 0.6 is 34.2 Å². The van der Waals surface area contributed by atoms with Crippen LogP contribution in [0.25, 0.3) is 22.4 Å². The Balaban J connectivity index is 1.63. The van der Waals surface area contributed by atoms with Crippen molar-refractivity contribution < 1.29 is 9.47 Å². The molecule has 4 aromatic carbocycles. The Kier molecular flexibility index (Phi) is 6.99. The Morgan fingerprint density at radius 1 is 1.00 bits per heavy atom. The molecule has 0 fully saturated rings. The van der Waals surface area contributed by atoms with Crippen molar-refractivity contribution >= 4 is 56.6 Å². The molecule has 0 saturated heterocycles. The van der Waals surface area contributed by atoms with E-state index in [0.29, 0.717) is 28.7 Å². The topological polar surface area (TPSA) is 42.2 Å². The highest BCUT2D eigenvalue weighted by atomic mass is 127. The minimum Gasteiger partial charge on any atom is -0.493 e. The van der Waals surface area contributed by atoms with Gasteiger partial charge in [0.25, 0.3) is 0 Å². The highest BCUT2D eigenvalue weighted by molar-refractivity contribution is 14.1. The second-order valence-electron chi connectivity index (χ2n) is 7.18. The van der Waals surface area contributed by atoms with E-state index in [1.807, 2.05) is 78.9 Å². The molecular formula is C27H19ClINO2. The van der Waals surface area contributed by atoms with Crippen LogP contribution in [0.15, 0.2) is 78.9 Å². The molecule has 0 heterocycles. The van der Waals surface area contributed by atoms with Gasteiger partial charge in [0.2, 0.25) is 0 Å². The highest BCUT2D eigenvalue weighted by Crippen LogP contribution is 2.36. The van der Waals surface area contributed by atoms with E-state index in [0.717, 1.165) is 31.0 Å². The molecule has 0 radical (unpaired) electrons. The third-order valence-electron chi connectivity index (χ3n) is 5.04. The Bertz CT molecular complexity index is 1340. The van der Waals surface area contributed by atoms with Gasteiger partial charge in [-0.05, 0) is 86.5 Å². The van der Waals surface area contributed by atoms with Gasteiger partial charge in [-0.1, -0.05) is 60.1 Å². The first kappa shape index (κ1) is 22.2. The number of ether oxygens (including phenoxy) is 2. The summed E-state index contributed by atoms with van der Waals surface area (Å²) in [5.74, 6) is 1.29. The van der Waals surface area contributed by atoms with E-state index in [-0.39, 0.29) is 0 Å². The van der Waals surface area contributed by atoms with Gasteiger partial charge in [0.1, 0.15) is 6.61 Å². The van der Waals surface area contributed by atoms with Crippen molar-refractivity contribution in [2.24, 2.45) is 0 Å². The number of benzene rings is 4. The van der Waals surface area contributed by atoms with Crippen molar-refractivity contribution in [1.82, 2.24) is 0 Å². The van der Waals surface area contributed by atoms with Crippen LogP contribution in [0.1, 0.15) is 16.7 Å². The molecule has 0 saturated carbocycles. The smallest absolute Gasteiger partial charge is 0.174 e. The quantitative estimate of drug-likeness (QED) is 0.140. The maximum atomic E-state index is 9.81. The Morgan fingerprint density at radius 2 is 1.75 bits per heavy atom. The summed E-state index contributed by atoms with van der Waals surface area (Å²) in [5.41, 5.74) is 3.35. The second kappa shape index (κ2) is 10.1. The van der Waals surface area contributed by atoms with Crippen molar-refractivity contribution in [1.29, 1.82) is 5.26 Å². The van der Waals surface area contributed by atoms with Crippen molar-refractivity contribution in [3.63, 3.8) is 0 Å². The molecule has 0 aromatic heterocycles. The lowest BCUT2D eigenvalue weighted by molar-refractivity contribution is 0.282. The van der Waals surface area contributed by atoms with Crippen molar-refractivity contribution in [2.75, 3.05) is 7.11 Å². The summed E-state index contributed by atoms with van der Waals surface area (Å²) < 4.78 is 12.5. The number of hydrogen-bond donors (Lipinski definition) is 0. The Labute approximate surface area is 206 Å². The molecule has 4 aromatic rings. The van der Waals surface area contributed by atoms with E-state index in [9.17, 15) is 5.26 Å². The second-order valence-corrected chi connectivity index (χ2v) is 8.78. The van der Waals surface area contributed by atoms with Gasteiger partial charge in [0.05, 0.1) is 22.3 Å². The largest absolute Gasteiger partial charge is 0.493 e. The maximum Gasteiger partial charge on any atom is 0.174 e. The molecule has 158 valence electrons. The fraction of sp³-hybridized carbons (Fsp3) is 0.0741. The molecule has 0 unspecified atom stereocenters. The third-order valence-corrected chi connectivity index (χ3v) is 6.09. The van der Waals surface area contributed by atoms with Crippen molar-refractivity contribution in [3.8, 4) is 17.6 Å². The normalized spacial score (nSPS) is 11.2. The lowest BCUT2D eigenvalue weighted by Crippen LogP contribution is -2.00. The van der Waals surface area contributed by atoms with Gasteiger partial charge in [0, 0.05) is 5.02 Å². The average Bonchev–Trinajstić information content (AvgIpc) is 2.82. The van der Waals surface area contributed by atoms with Gasteiger partial charge in [-0.15, -0.1) is 0 Å². The first-order chi connectivity index (χ1) is 15.6. The number of halogens is 2. The Morgan fingerprint density at radius 3 is 2.47 bits per heavy atom. The number of hydrogen-bond acceptors (Lipinski definition) is 3. The molecule has 0 atom stereocenters. The van der Waals surface area contributed by atoms with Gasteiger partial charge in [-0.3, -0.25) is 0 Å². The van der Waals surface area contributed by atoms with Gasteiger partial charge in [-0.2, -0.15) is 5.26 Å². The van der Waals surface area contributed by atoms with Crippen molar-refractivity contribution in [2.45, 2.75) is 6.61 Å². The number of nitriles is 1. The van der Waals surface area contributed by atoms with Crippen LogP contribution in [0, 0.1) is 14.9 Å². The van der Waals surface area contributed by atoms with Crippen molar-refractivity contribution in [3.05, 3.63) is 104 Å². The first-order valence-electron chi connectivity index (χ1n) is 9.93. The van der Waals surface area contributed by atoms with Gasteiger partial charge in [-0.25, -0.2) is 0 Å². The van der Waals surface area contributed by atoms with Crippen LogP contribution in [0.3, 0.4) is 0 Å². The predicted octanol–water partition coefficient (Wildman–Crippen LogP) is 7.75. The zero-order chi connectivity index (χ0) is 22.5. The molecule has 3 nitrogen and oxygen atoms in total. The zero-order valence-electron chi connectivity index (χ0n) is 17.3. The standard InChI is InChI=1S/C27H19ClINO2/c1-31-26-14-19(13-25(29)27(26)32-17-18-6-10-24(28)11-7-18)12-23(16-30)22-9-8-20-4-2-3-5-21(20)15-22/h2-15H,17H2,1H3/b23-12+. The van der Waals surface area contributed by atoms with Crippen LogP contribution < -0.4 is 9.47 Å². The van der Waals surface area contributed by atoms with Gasteiger partial charge in [0.15, 0.2) is 11.5 Å². The third kappa shape index (κ3) is 5.07. The summed E-state index contributed by atoms with van der Waals surface area (Å²) in [6.07, 6.45) is 1.87. The van der Waals surface area contributed by atoms with E-state index in [4.69, 9.17) is 21.1 Å². The molecule has 0 spiro atoms. The Hall–Kier alpha value is -3.01. The molecule has 0 aliphatic heterocycles. The molecule has 0 bridgehead atoms. The summed E-state index contributed by atoms with van der Waals surface area (Å²) in [6.45, 7) is 0.402. The molecular weight excluding hydrogens is 533 g/mol. The van der Waals surface area contributed by atoms with E-state index in [2.05, 4.69) is 34.7 Å². The number of nitrogens with zero attached hydrogens (tertiary/aromatic N) is 1. The highest BCUT2D eigenvalue weighted by Gasteiger charge is 2.12. The molecule has 5 heteroatoms. The van der Waals surface area contributed by atoms with Gasteiger partial charge < -0.3 is 9.47 Å². The number of allylic oxidation sites excluding steroid dienone is 1. The van der Waals surface area contributed by atoms with Crippen LogP contribution in [0.5, 0.6) is 11.5 Å². The lowest BCUT2D eigenvalue weighted by Gasteiger charge is -2.14. The summed E-state index contributed by atoms with van der Waals surface area (Å²) in [7, 11) is 1.61. The molecule has 0 amide bonds. The summed E-state index contributed by atoms with van der Waals surface area (Å²) in [4.78, 5) is 0. The number of methoxy groups -OCH3 is 1.